The first-order valence-electron chi connectivity index (χ1n) is 4.62. The number of hydrogen-bond acceptors (Lipinski definition) is 2. The molecule has 1 aromatic rings. The van der Waals surface area contributed by atoms with E-state index >= 15 is 0 Å². The van der Waals surface area contributed by atoms with Gasteiger partial charge >= 0.3 is 0 Å². The van der Waals surface area contributed by atoms with Gasteiger partial charge in [0.2, 0.25) is 0 Å². The third-order valence-electron chi connectivity index (χ3n) is 3.04. The Labute approximate surface area is 82.4 Å². The van der Waals surface area contributed by atoms with Crippen LogP contribution in [0.1, 0.15) is 18.1 Å². The minimum Gasteiger partial charge on any atom is -0.337 e. The van der Waals surface area contributed by atoms with Crippen molar-refractivity contribution in [2.45, 2.75) is 18.1 Å². The number of benzene rings is 1. The van der Waals surface area contributed by atoms with Crippen LogP contribution in [0.3, 0.4) is 0 Å². The van der Waals surface area contributed by atoms with Crippen molar-refractivity contribution in [3.63, 3.8) is 0 Å². The standard InChI is InChI=1S/C12H9NO/c1-11-6-7-12(8-13,14-11)10-5-3-2-4-9(10)11/h2-7H,1H3. The smallest absolute Gasteiger partial charge is 0.200 e. The van der Waals surface area contributed by atoms with Crippen molar-refractivity contribution in [1.29, 1.82) is 5.26 Å². The molecule has 68 valence electrons. The van der Waals surface area contributed by atoms with Gasteiger partial charge in [-0.2, -0.15) is 5.26 Å². The first kappa shape index (κ1) is 7.78. The molecular formula is C12H9NO. The molecule has 2 heteroatoms. The molecule has 0 spiro atoms. The van der Waals surface area contributed by atoms with Crippen LogP contribution in [0.4, 0.5) is 0 Å². The lowest BCUT2D eigenvalue weighted by molar-refractivity contribution is -0.0283. The highest BCUT2D eigenvalue weighted by Gasteiger charge is 2.53. The van der Waals surface area contributed by atoms with Crippen LogP contribution in [0.5, 0.6) is 0 Å². The molecule has 2 heterocycles. The predicted molar refractivity (Wildman–Crippen MR) is 51.3 cm³/mol. The maximum atomic E-state index is 9.18. The van der Waals surface area contributed by atoms with Crippen molar-refractivity contribution in [2.24, 2.45) is 0 Å². The summed E-state index contributed by atoms with van der Waals surface area (Å²) in [6.45, 7) is 1.99. The molecule has 0 amide bonds. The SMILES string of the molecule is CC12C=CC(C#N)(O1)c1ccccc12. The highest BCUT2D eigenvalue weighted by atomic mass is 16.5. The summed E-state index contributed by atoms with van der Waals surface area (Å²) in [7, 11) is 0. The monoisotopic (exact) mass is 183 g/mol. The van der Waals surface area contributed by atoms with Crippen LogP contribution in [-0.4, -0.2) is 0 Å². The van der Waals surface area contributed by atoms with Gasteiger partial charge in [-0.05, 0) is 24.6 Å². The van der Waals surface area contributed by atoms with Gasteiger partial charge in [-0.25, -0.2) is 0 Å². The fraction of sp³-hybridized carbons (Fsp3) is 0.250. The van der Waals surface area contributed by atoms with Crippen molar-refractivity contribution in [1.82, 2.24) is 0 Å². The third kappa shape index (κ3) is 0.659. The molecular weight excluding hydrogens is 174 g/mol. The Bertz CT molecular complexity index is 485. The summed E-state index contributed by atoms with van der Waals surface area (Å²) < 4.78 is 5.79. The van der Waals surface area contributed by atoms with Crippen molar-refractivity contribution >= 4 is 0 Å². The minimum absolute atomic E-state index is 0.397. The Hall–Kier alpha value is -1.59. The van der Waals surface area contributed by atoms with E-state index in [4.69, 9.17) is 4.74 Å². The molecule has 2 bridgehead atoms. The largest absolute Gasteiger partial charge is 0.337 e. The summed E-state index contributed by atoms with van der Waals surface area (Å²) in [5, 5.41) is 9.18. The highest BCUT2D eigenvalue weighted by molar-refractivity contribution is 5.54. The number of fused-ring (bicyclic) bond motifs is 5. The van der Waals surface area contributed by atoms with Crippen LogP contribution in [0, 0.1) is 11.3 Å². The zero-order valence-corrected chi connectivity index (χ0v) is 7.82. The maximum absolute atomic E-state index is 9.18. The van der Waals surface area contributed by atoms with Crippen LogP contribution >= 0.6 is 0 Å². The van der Waals surface area contributed by atoms with Gasteiger partial charge in [0, 0.05) is 5.56 Å². The summed E-state index contributed by atoms with van der Waals surface area (Å²) >= 11 is 0. The van der Waals surface area contributed by atoms with Crippen molar-refractivity contribution in [3.05, 3.63) is 47.5 Å². The molecule has 2 aliphatic rings. The lowest BCUT2D eigenvalue weighted by Crippen LogP contribution is -2.19. The molecule has 14 heavy (non-hydrogen) atoms. The van der Waals surface area contributed by atoms with Crippen LogP contribution in [0.25, 0.3) is 0 Å². The zero-order chi connectivity index (χ0) is 9.81. The number of rotatable bonds is 0. The summed E-state index contributed by atoms with van der Waals surface area (Å²) in [5.41, 5.74) is 0.883. The topological polar surface area (TPSA) is 33.0 Å². The van der Waals surface area contributed by atoms with Gasteiger partial charge in [0.05, 0.1) is 0 Å². The second-order valence-electron chi connectivity index (χ2n) is 3.94. The molecule has 2 nitrogen and oxygen atoms in total. The summed E-state index contributed by atoms with van der Waals surface area (Å²) in [6.07, 6.45) is 3.83. The van der Waals surface area contributed by atoms with Crippen LogP contribution in [-0.2, 0) is 15.9 Å². The van der Waals surface area contributed by atoms with Gasteiger partial charge in [-0.15, -0.1) is 0 Å². The Balaban J connectivity index is 2.37. The minimum atomic E-state index is -0.828. The van der Waals surface area contributed by atoms with E-state index in [1.54, 1.807) is 0 Å². The maximum Gasteiger partial charge on any atom is 0.200 e. The fourth-order valence-electron chi connectivity index (χ4n) is 2.33. The van der Waals surface area contributed by atoms with Crippen LogP contribution in [0.15, 0.2) is 36.4 Å². The lowest BCUT2D eigenvalue weighted by atomic mass is 9.83. The molecule has 0 radical (unpaired) electrons. The zero-order valence-electron chi connectivity index (χ0n) is 7.82. The Kier molecular flexibility index (Phi) is 1.15. The molecule has 0 aliphatic carbocycles. The van der Waals surface area contributed by atoms with E-state index in [0.29, 0.717) is 0 Å². The van der Waals surface area contributed by atoms with Gasteiger partial charge in [-0.3, -0.25) is 0 Å². The molecule has 0 saturated carbocycles. The van der Waals surface area contributed by atoms with E-state index in [1.807, 2.05) is 43.3 Å². The van der Waals surface area contributed by atoms with Gasteiger partial charge in [0.1, 0.15) is 11.7 Å². The summed E-state index contributed by atoms with van der Waals surface area (Å²) in [5.74, 6) is 0. The lowest BCUT2D eigenvalue weighted by Gasteiger charge is -2.17. The molecule has 2 aliphatic heterocycles. The number of ether oxygens (including phenoxy) is 1. The van der Waals surface area contributed by atoms with Gasteiger partial charge < -0.3 is 4.74 Å². The van der Waals surface area contributed by atoms with E-state index in [-0.39, 0.29) is 0 Å². The Morgan fingerprint density at radius 3 is 2.64 bits per heavy atom. The molecule has 2 unspecified atom stereocenters. The Morgan fingerprint density at radius 2 is 1.93 bits per heavy atom. The molecule has 2 atom stereocenters. The molecule has 0 aromatic heterocycles. The third-order valence-corrected chi connectivity index (χ3v) is 3.04. The van der Waals surface area contributed by atoms with E-state index in [0.717, 1.165) is 11.1 Å². The normalized spacial score (nSPS) is 36.9. The predicted octanol–water partition coefficient (Wildman–Crippen LogP) is 2.22. The van der Waals surface area contributed by atoms with E-state index in [9.17, 15) is 5.26 Å². The average Bonchev–Trinajstić information content (AvgIpc) is 2.70. The van der Waals surface area contributed by atoms with E-state index in [1.165, 1.54) is 0 Å². The van der Waals surface area contributed by atoms with Gasteiger partial charge in [-0.1, -0.05) is 24.3 Å². The molecule has 0 saturated heterocycles. The summed E-state index contributed by atoms with van der Waals surface area (Å²) in [6, 6.07) is 10.2. The fourth-order valence-corrected chi connectivity index (χ4v) is 2.33. The number of hydrogen-bond donors (Lipinski definition) is 0. The van der Waals surface area contributed by atoms with Crippen LogP contribution in [0.2, 0.25) is 0 Å². The van der Waals surface area contributed by atoms with E-state index in [2.05, 4.69) is 6.07 Å². The highest BCUT2D eigenvalue weighted by Crippen LogP contribution is 2.53. The van der Waals surface area contributed by atoms with Crippen LogP contribution < -0.4 is 0 Å². The summed E-state index contributed by atoms with van der Waals surface area (Å²) in [4.78, 5) is 0. The first-order valence-corrected chi connectivity index (χ1v) is 4.62. The molecule has 3 rings (SSSR count). The molecule has 1 aromatic carbocycles. The second-order valence-corrected chi connectivity index (χ2v) is 3.94. The quantitative estimate of drug-likeness (QED) is 0.578. The van der Waals surface area contributed by atoms with E-state index < -0.39 is 11.2 Å². The second kappa shape index (κ2) is 2.08. The molecule has 0 fully saturated rings. The van der Waals surface area contributed by atoms with Crippen molar-refractivity contribution in [3.8, 4) is 6.07 Å². The first-order chi connectivity index (χ1) is 6.70. The van der Waals surface area contributed by atoms with Gasteiger partial charge in [0.25, 0.3) is 0 Å². The number of nitrogens with zero attached hydrogens (tertiary/aromatic N) is 1. The van der Waals surface area contributed by atoms with Gasteiger partial charge in [0.15, 0.2) is 5.60 Å². The number of nitriles is 1. The molecule has 0 N–H and O–H groups in total. The average molecular weight is 183 g/mol. The van der Waals surface area contributed by atoms with Crippen molar-refractivity contribution < 1.29 is 4.74 Å². The Morgan fingerprint density at radius 1 is 1.21 bits per heavy atom. The van der Waals surface area contributed by atoms with Crippen molar-refractivity contribution in [2.75, 3.05) is 0 Å².